The van der Waals surface area contributed by atoms with E-state index in [1.54, 1.807) is 6.08 Å². The lowest BCUT2D eigenvalue weighted by atomic mass is 10.2. The number of hydrogen-bond donors (Lipinski definition) is 1. The molecule has 1 aliphatic carbocycles. The molecule has 1 aromatic rings. The van der Waals surface area contributed by atoms with Crippen LogP contribution in [0.1, 0.15) is 35.8 Å². The fourth-order valence-corrected chi connectivity index (χ4v) is 2.03. The second-order valence-electron chi connectivity index (χ2n) is 4.10. The summed E-state index contributed by atoms with van der Waals surface area (Å²) in [5.41, 5.74) is 3.41. The second kappa shape index (κ2) is 3.57. The second-order valence-corrected chi connectivity index (χ2v) is 4.10. The molecule has 0 spiro atoms. The van der Waals surface area contributed by atoms with Crippen molar-refractivity contribution in [2.45, 2.75) is 32.7 Å². The van der Waals surface area contributed by atoms with Gasteiger partial charge in [0.1, 0.15) is 0 Å². The molecule has 0 saturated heterocycles. The summed E-state index contributed by atoms with van der Waals surface area (Å²) in [6.07, 6.45) is 5.36. The summed E-state index contributed by atoms with van der Waals surface area (Å²) in [4.78, 5) is 10.4. The van der Waals surface area contributed by atoms with Gasteiger partial charge in [0.05, 0.1) is 0 Å². The zero-order chi connectivity index (χ0) is 11.0. The quantitative estimate of drug-likeness (QED) is 0.770. The molecule has 0 radical (unpaired) electrons. The molecule has 80 valence electrons. The number of carboxylic acids is 1. The first-order valence-electron chi connectivity index (χ1n) is 5.19. The van der Waals surface area contributed by atoms with Gasteiger partial charge in [-0.15, -0.1) is 0 Å². The fraction of sp³-hybridized carbons (Fsp3) is 0.417. The number of nitrogens with zero attached hydrogens (tertiary/aromatic N) is 1. The maximum Gasteiger partial charge on any atom is 0.328 e. The smallest absolute Gasteiger partial charge is 0.328 e. The minimum atomic E-state index is -0.897. The normalized spacial score (nSPS) is 16.1. The topological polar surface area (TPSA) is 42.2 Å². The van der Waals surface area contributed by atoms with Crippen molar-refractivity contribution in [3.8, 4) is 0 Å². The molecule has 0 aromatic carbocycles. The zero-order valence-electron chi connectivity index (χ0n) is 9.03. The lowest BCUT2D eigenvalue weighted by Gasteiger charge is -2.06. The van der Waals surface area contributed by atoms with Crippen LogP contribution in [0.3, 0.4) is 0 Å². The number of aromatic nitrogens is 1. The van der Waals surface area contributed by atoms with Gasteiger partial charge in [-0.25, -0.2) is 4.79 Å². The molecule has 0 unspecified atom stereocenters. The molecule has 1 heterocycles. The highest BCUT2D eigenvalue weighted by Crippen LogP contribution is 2.38. The molecule has 3 heteroatoms. The van der Waals surface area contributed by atoms with Crippen molar-refractivity contribution >= 4 is 12.0 Å². The lowest BCUT2D eigenvalue weighted by Crippen LogP contribution is -1.98. The molecule has 1 saturated carbocycles. The third-order valence-electron chi connectivity index (χ3n) is 2.84. The van der Waals surface area contributed by atoms with E-state index < -0.39 is 5.97 Å². The highest BCUT2D eigenvalue weighted by molar-refractivity contribution is 5.85. The molecular formula is C12H15NO2. The van der Waals surface area contributed by atoms with Crippen LogP contribution in [0.2, 0.25) is 0 Å². The van der Waals surface area contributed by atoms with E-state index in [2.05, 4.69) is 11.5 Å². The van der Waals surface area contributed by atoms with Gasteiger partial charge < -0.3 is 9.67 Å². The van der Waals surface area contributed by atoms with Crippen LogP contribution in [0.5, 0.6) is 0 Å². The number of aryl methyl sites for hydroxylation is 1. The number of carboxylic acid groups (broad SMARTS) is 1. The van der Waals surface area contributed by atoms with Gasteiger partial charge in [-0.3, -0.25) is 0 Å². The van der Waals surface area contributed by atoms with Crippen LogP contribution < -0.4 is 0 Å². The van der Waals surface area contributed by atoms with E-state index in [0.717, 1.165) is 5.56 Å². The van der Waals surface area contributed by atoms with Gasteiger partial charge in [0, 0.05) is 23.5 Å². The summed E-state index contributed by atoms with van der Waals surface area (Å²) in [5.74, 6) is -0.897. The Hall–Kier alpha value is -1.51. The number of rotatable bonds is 3. The molecule has 0 amide bonds. The van der Waals surface area contributed by atoms with E-state index in [0.29, 0.717) is 6.04 Å². The summed E-state index contributed by atoms with van der Waals surface area (Å²) >= 11 is 0. The standard InChI is InChI=1S/C12H15NO2/c1-8-7-10(3-6-12(14)15)9(2)13(8)11-4-5-11/h3,6-7,11H,4-5H2,1-2H3,(H,14,15)/b6-3-. The van der Waals surface area contributed by atoms with E-state index in [1.807, 2.05) is 13.0 Å². The van der Waals surface area contributed by atoms with E-state index in [9.17, 15) is 4.79 Å². The average molecular weight is 205 g/mol. The predicted octanol–water partition coefficient (Wildman–Crippen LogP) is 2.54. The summed E-state index contributed by atoms with van der Waals surface area (Å²) in [6, 6.07) is 2.70. The molecular weight excluding hydrogens is 190 g/mol. The summed E-state index contributed by atoms with van der Waals surface area (Å²) in [5, 5.41) is 8.57. The number of hydrogen-bond acceptors (Lipinski definition) is 1. The lowest BCUT2D eigenvalue weighted by molar-refractivity contribution is -0.131. The molecule has 1 aromatic heterocycles. The average Bonchev–Trinajstić information content (AvgIpc) is 2.92. The largest absolute Gasteiger partial charge is 0.478 e. The summed E-state index contributed by atoms with van der Waals surface area (Å²) in [7, 11) is 0. The van der Waals surface area contributed by atoms with Gasteiger partial charge >= 0.3 is 5.97 Å². The number of aliphatic carboxylic acids is 1. The first-order valence-corrected chi connectivity index (χ1v) is 5.19. The van der Waals surface area contributed by atoms with Gasteiger partial charge in [0.2, 0.25) is 0 Å². The van der Waals surface area contributed by atoms with Crippen LogP contribution in [-0.4, -0.2) is 15.6 Å². The minimum absolute atomic E-state index is 0.650. The first-order chi connectivity index (χ1) is 7.09. The fourth-order valence-electron chi connectivity index (χ4n) is 2.03. The van der Waals surface area contributed by atoms with Gasteiger partial charge in [0.15, 0.2) is 0 Å². The van der Waals surface area contributed by atoms with Crippen molar-refractivity contribution < 1.29 is 9.90 Å². The molecule has 15 heavy (non-hydrogen) atoms. The van der Waals surface area contributed by atoms with Crippen LogP contribution in [0.25, 0.3) is 6.08 Å². The van der Waals surface area contributed by atoms with E-state index in [1.165, 1.54) is 30.3 Å². The summed E-state index contributed by atoms with van der Waals surface area (Å²) in [6.45, 7) is 4.12. The Morgan fingerprint density at radius 2 is 2.20 bits per heavy atom. The SMILES string of the molecule is Cc1cc(/C=C\C(=O)O)c(C)n1C1CC1. The Morgan fingerprint density at radius 1 is 1.53 bits per heavy atom. The Morgan fingerprint density at radius 3 is 2.73 bits per heavy atom. The van der Waals surface area contributed by atoms with Gasteiger partial charge in [0.25, 0.3) is 0 Å². The molecule has 3 nitrogen and oxygen atoms in total. The molecule has 1 fully saturated rings. The minimum Gasteiger partial charge on any atom is -0.478 e. The number of carbonyl (C=O) groups is 1. The molecule has 1 N–H and O–H groups in total. The predicted molar refractivity (Wildman–Crippen MR) is 58.8 cm³/mol. The first kappa shape index (κ1) is 10.0. The molecule has 0 bridgehead atoms. The van der Waals surface area contributed by atoms with Crippen molar-refractivity contribution in [3.63, 3.8) is 0 Å². The van der Waals surface area contributed by atoms with E-state index in [-0.39, 0.29) is 0 Å². The van der Waals surface area contributed by atoms with Crippen molar-refractivity contribution in [1.82, 2.24) is 4.57 Å². The maximum atomic E-state index is 10.4. The molecule has 0 aliphatic heterocycles. The molecule has 0 atom stereocenters. The Kier molecular flexibility index (Phi) is 2.39. The van der Waals surface area contributed by atoms with Crippen molar-refractivity contribution in [2.24, 2.45) is 0 Å². The Bertz CT molecular complexity index is 425. The van der Waals surface area contributed by atoms with Crippen molar-refractivity contribution in [2.75, 3.05) is 0 Å². The maximum absolute atomic E-state index is 10.4. The van der Waals surface area contributed by atoms with E-state index in [4.69, 9.17) is 5.11 Å². The van der Waals surface area contributed by atoms with Gasteiger partial charge in [-0.2, -0.15) is 0 Å². The van der Waals surface area contributed by atoms with Crippen LogP contribution in [0, 0.1) is 13.8 Å². The zero-order valence-corrected chi connectivity index (χ0v) is 9.03. The third-order valence-corrected chi connectivity index (χ3v) is 2.84. The highest BCUT2D eigenvalue weighted by atomic mass is 16.4. The van der Waals surface area contributed by atoms with Crippen LogP contribution in [0.15, 0.2) is 12.1 Å². The highest BCUT2D eigenvalue weighted by Gasteiger charge is 2.26. The van der Waals surface area contributed by atoms with Crippen LogP contribution in [0.4, 0.5) is 0 Å². The Labute approximate surface area is 89.0 Å². The summed E-state index contributed by atoms with van der Waals surface area (Å²) < 4.78 is 2.31. The van der Waals surface area contributed by atoms with Crippen LogP contribution in [-0.2, 0) is 4.79 Å². The third kappa shape index (κ3) is 1.96. The van der Waals surface area contributed by atoms with Crippen LogP contribution >= 0.6 is 0 Å². The molecule has 1 aliphatic rings. The van der Waals surface area contributed by atoms with Gasteiger partial charge in [-0.1, -0.05) is 0 Å². The van der Waals surface area contributed by atoms with Gasteiger partial charge in [-0.05, 0) is 44.4 Å². The van der Waals surface area contributed by atoms with Crippen molar-refractivity contribution in [1.29, 1.82) is 0 Å². The monoisotopic (exact) mass is 205 g/mol. The van der Waals surface area contributed by atoms with Crippen molar-refractivity contribution in [3.05, 3.63) is 29.1 Å². The molecule has 2 rings (SSSR count). The van der Waals surface area contributed by atoms with E-state index >= 15 is 0 Å². The Balaban J connectivity index is 2.32.